The summed E-state index contributed by atoms with van der Waals surface area (Å²) in [7, 11) is -3.98. The lowest BCUT2D eigenvalue weighted by Gasteiger charge is -2.13. The van der Waals surface area contributed by atoms with Gasteiger partial charge in [0.15, 0.2) is 0 Å². The van der Waals surface area contributed by atoms with Gasteiger partial charge in [-0.05, 0) is 43.7 Å². The molecule has 0 bridgehead atoms. The Morgan fingerprint density at radius 2 is 1.69 bits per heavy atom. The third-order valence-electron chi connectivity index (χ3n) is 6.23. The Morgan fingerprint density at radius 3 is 2.40 bits per heavy atom. The Balaban J connectivity index is 1.81. The number of pyridine rings is 2. The Hall–Kier alpha value is -4.04. The van der Waals surface area contributed by atoms with Gasteiger partial charge in [-0.3, -0.25) is 9.20 Å². The maximum Gasteiger partial charge on any atom is 0.278 e. The first-order valence-electron chi connectivity index (χ1n) is 11.3. The molecule has 0 radical (unpaired) electrons. The second kappa shape index (κ2) is 8.63. The molecule has 5 aromatic rings. The Labute approximate surface area is 203 Å². The molecule has 5 rings (SSSR count). The summed E-state index contributed by atoms with van der Waals surface area (Å²) >= 11 is 0. The number of hydrogen-bond donors (Lipinski definition) is 1. The molecule has 0 spiro atoms. The topological polar surface area (TPSA) is 98.4 Å². The van der Waals surface area contributed by atoms with E-state index in [-0.39, 0.29) is 26.6 Å². The molecule has 0 aliphatic rings. The molecule has 0 amide bonds. The second-order valence-corrected chi connectivity index (χ2v) is 10.6. The maximum atomic E-state index is 13.6. The minimum atomic E-state index is -3.98. The quantitative estimate of drug-likeness (QED) is 0.304. The second-order valence-electron chi connectivity index (χ2n) is 8.64. The minimum Gasteiger partial charge on any atom is -0.317 e. The van der Waals surface area contributed by atoms with Gasteiger partial charge in [0.05, 0.1) is 11.4 Å². The zero-order chi connectivity index (χ0) is 24.7. The third kappa shape index (κ3) is 3.95. The van der Waals surface area contributed by atoms with E-state index >= 15 is 0 Å². The molecule has 3 aromatic heterocycles. The lowest BCUT2D eigenvalue weighted by atomic mass is 10.1. The zero-order valence-corrected chi connectivity index (χ0v) is 20.3. The number of nitrogen functional groups attached to an aromatic ring is 1. The fourth-order valence-electron chi connectivity index (χ4n) is 4.26. The summed E-state index contributed by atoms with van der Waals surface area (Å²) in [5.74, 6) is 0.0545. The average Bonchev–Trinajstić information content (AvgIpc) is 2.85. The molecule has 2 aromatic carbocycles. The van der Waals surface area contributed by atoms with Crippen LogP contribution in [0.15, 0.2) is 93.6 Å². The summed E-state index contributed by atoms with van der Waals surface area (Å²) in [5, 5.41) is 0.195. The monoisotopic (exact) mass is 485 g/mol. The molecule has 176 valence electrons. The highest BCUT2D eigenvalue weighted by Gasteiger charge is 2.29. The lowest BCUT2D eigenvalue weighted by molar-refractivity contribution is -0.659. The number of aromatic nitrogens is 3. The number of aryl methyl sites for hydroxylation is 4. The van der Waals surface area contributed by atoms with Crippen LogP contribution >= 0.6 is 0 Å². The maximum absolute atomic E-state index is 13.6. The highest BCUT2D eigenvalue weighted by Crippen LogP contribution is 2.27. The number of hydrogen-bond acceptors (Lipinski definition) is 5. The minimum absolute atomic E-state index is 0.0545. The highest BCUT2D eigenvalue weighted by atomic mass is 32.2. The van der Waals surface area contributed by atoms with Gasteiger partial charge < -0.3 is 5.73 Å². The molecule has 0 atom stereocenters. The molecule has 7 nitrogen and oxygen atoms in total. The summed E-state index contributed by atoms with van der Waals surface area (Å²) in [4.78, 5) is 18.3. The number of benzene rings is 2. The smallest absolute Gasteiger partial charge is 0.278 e. The first kappa shape index (κ1) is 22.7. The molecule has 0 fully saturated rings. The molecule has 0 saturated carbocycles. The predicted octanol–water partition coefficient (Wildman–Crippen LogP) is 3.41. The van der Waals surface area contributed by atoms with E-state index in [1.807, 2.05) is 50.2 Å². The number of rotatable bonds is 5. The summed E-state index contributed by atoms with van der Waals surface area (Å²) in [6.45, 7) is 4.12. The number of nitrogens with zero attached hydrogens (tertiary/aromatic N) is 3. The van der Waals surface area contributed by atoms with Crippen LogP contribution in [0.5, 0.6) is 0 Å². The molecule has 0 aliphatic heterocycles. The van der Waals surface area contributed by atoms with E-state index in [1.54, 1.807) is 41.1 Å². The first-order valence-corrected chi connectivity index (χ1v) is 12.8. The van der Waals surface area contributed by atoms with Gasteiger partial charge in [-0.25, -0.2) is 13.0 Å². The summed E-state index contributed by atoms with van der Waals surface area (Å²) in [6, 6.07) is 21.4. The van der Waals surface area contributed by atoms with Crippen molar-refractivity contribution in [3.05, 3.63) is 106 Å². The van der Waals surface area contributed by atoms with Gasteiger partial charge in [0.1, 0.15) is 10.3 Å². The standard InChI is InChI=1S/C27H24N4O3S/c1-18-10-12-21(13-11-18)35(33,34)23-17-22-26(29-25-19(2)7-6-15-31(25)27(22)32)30(24(23)28)16-14-20-8-4-3-5-9-20/h3-13,15,17,28H,14,16H2,1-2H3/p+1. The van der Waals surface area contributed by atoms with E-state index in [0.29, 0.717) is 24.3 Å². The first-order chi connectivity index (χ1) is 16.8. The largest absolute Gasteiger partial charge is 0.317 e. The fraction of sp³-hybridized carbons (Fsp3) is 0.148. The van der Waals surface area contributed by atoms with Crippen molar-refractivity contribution >= 4 is 32.3 Å². The number of nitrogens with two attached hydrogens (primary N) is 1. The SMILES string of the molecule is Cc1ccc(S(=O)(=O)c2cc3c(=O)n4cccc(C)c4nc3[n+](CCc3ccccc3)c2N)cc1. The Bertz CT molecular complexity index is 1740. The lowest BCUT2D eigenvalue weighted by Crippen LogP contribution is -2.42. The Kier molecular flexibility index (Phi) is 5.61. The van der Waals surface area contributed by atoms with Gasteiger partial charge >= 0.3 is 0 Å². The van der Waals surface area contributed by atoms with Gasteiger partial charge in [-0.2, -0.15) is 0 Å². The van der Waals surface area contributed by atoms with Crippen LogP contribution in [0.3, 0.4) is 0 Å². The van der Waals surface area contributed by atoms with E-state index < -0.39 is 9.84 Å². The van der Waals surface area contributed by atoms with Crippen molar-refractivity contribution < 1.29 is 13.0 Å². The van der Waals surface area contributed by atoms with Crippen LogP contribution in [-0.2, 0) is 22.8 Å². The van der Waals surface area contributed by atoms with Crippen molar-refractivity contribution in [2.45, 2.75) is 36.6 Å². The predicted molar refractivity (Wildman–Crippen MR) is 135 cm³/mol. The number of fused-ring (bicyclic) bond motifs is 2. The molecule has 2 N–H and O–H groups in total. The van der Waals surface area contributed by atoms with Crippen LogP contribution in [0.1, 0.15) is 16.7 Å². The number of sulfone groups is 1. The van der Waals surface area contributed by atoms with Crippen LogP contribution in [0, 0.1) is 13.8 Å². The van der Waals surface area contributed by atoms with Crippen molar-refractivity contribution in [2.75, 3.05) is 5.73 Å². The van der Waals surface area contributed by atoms with Crippen molar-refractivity contribution in [1.29, 1.82) is 0 Å². The highest BCUT2D eigenvalue weighted by molar-refractivity contribution is 7.91. The molecule has 35 heavy (non-hydrogen) atoms. The van der Waals surface area contributed by atoms with Gasteiger partial charge in [0.2, 0.25) is 21.3 Å². The average molecular weight is 486 g/mol. The van der Waals surface area contributed by atoms with E-state index in [4.69, 9.17) is 10.7 Å². The molecule has 3 heterocycles. The van der Waals surface area contributed by atoms with E-state index in [1.165, 1.54) is 10.5 Å². The van der Waals surface area contributed by atoms with Crippen LogP contribution in [0.4, 0.5) is 5.82 Å². The fourth-order valence-corrected chi connectivity index (χ4v) is 5.66. The van der Waals surface area contributed by atoms with Crippen molar-refractivity contribution in [3.63, 3.8) is 0 Å². The molecular weight excluding hydrogens is 460 g/mol. The van der Waals surface area contributed by atoms with E-state index in [2.05, 4.69) is 0 Å². The molecule has 0 saturated heterocycles. The summed E-state index contributed by atoms with van der Waals surface area (Å²) < 4.78 is 30.4. The molecule has 0 unspecified atom stereocenters. The van der Waals surface area contributed by atoms with Crippen LogP contribution in [0.25, 0.3) is 16.7 Å². The third-order valence-corrected chi connectivity index (χ3v) is 8.03. The normalized spacial score (nSPS) is 11.8. The van der Waals surface area contributed by atoms with Crippen LogP contribution < -0.4 is 15.9 Å². The van der Waals surface area contributed by atoms with Crippen molar-refractivity contribution in [1.82, 2.24) is 9.38 Å². The molecule has 0 aliphatic carbocycles. The zero-order valence-electron chi connectivity index (χ0n) is 19.5. The van der Waals surface area contributed by atoms with Crippen molar-refractivity contribution in [2.24, 2.45) is 0 Å². The van der Waals surface area contributed by atoms with Gasteiger partial charge in [-0.1, -0.05) is 59.1 Å². The van der Waals surface area contributed by atoms with Gasteiger partial charge in [-0.15, -0.1) is 0 Å². The van der Waals surface area contributed by atoms with Gasteiger partial charge in [0.25, 0.3) is 11.2 Å². The summed E-state index contributed by atoms with van der Waals surface area (Å²) in [5.41, 5.74) is 9.89. The molecule has 8 heteroatoms. The van der Waals surface area contributed by atoms with Gasteiger partial charge in [0, 0.05) is 18.2 Å². The van der Waals surface area contributed by atoms with E-state index in [9.17, 15) is 13.2 Å². The van der Waals surface area contributed by atoms with Crippen molar-refractivity contribution in [3.8, 4) is 0 Å². The molecular formula is C27H25N4O3S+. The Morgan fingerprint density at radius 1 is 0.971 bits per heavy atom. The van der Waals surface area contributed by atoms with Crippen LogP contribution in [0.2, 0.25) is 0 Å². The van der Waals surface area contributed by atoms with Crippen LogP contribution in [-0.4, -0.2) is 17.8 Å². The number of anilines is 1. The summed E-state index contributed by atoms with van der Waals surface area (Å²) in [6.07, 6.45) is 2.23. The van der Waals surface area contributed by atoms with E-state index in [0.717, 1.165) is 16.7 Å².